The average Bonchev–Trinajstić information content (AvgIpc) is 3.43. The summed E-state index contributed by atoms with van der Waals surface area (Å²) in [5.41, 5.74) is -1.47. The molecule has 4 aliphatic heterocycles. The summed E-state index contributed by atoms with van der Waals surface area (Å²) in [6.45, 7) is 13.2. The Bertz CT molecular complexity index is 1910. The summed E-state index contributed by atoms with van der Waals surface area (Å²) in [4.78, 5) is 70.9. The number of aliphatic hydroxyl groups excluding tert-OH is 2. The highest BCUT2D eigenvalue weighted by atomic mass is 16.7. The van der Waals surface area contributed by atoms with Crippen LogP contribution in [0, 0.1) is 30.6 Å². The molecular formula is C41H52N2O13. The topological polar surface area (TPSA) is 207 Å². The smallest absolute Gasteiger partial charge is 0.312 e. The van der Waals surface area contributed by atoms with Gasteiger partial charge in [0.15, 0.2) is 0 Å². The number of hydrogen-bond donors (Lipinski definition) is 4. The molecule has 15 heteroatoms. The van der Waals surface area contributed by atoms with E-state index in [2.05, 4.69) is 5.32 Å². The quantitative estimate of drug-likeness (QED) is 0.325. The first kappa shape index (κ1) is 42.3. The van der Waals surface area contributed by atoms with E-state index in [4.69, 9.17) is 23.7 Å². The molecule has 6 rings (SSSR count). The number of aliphatic hydroxyl groups is 2. The van der Waals surface area contributed by atoms with E-state index in [1.54, 1.807) is 44.7 Å². The molecule has 0 unspecified atom stereocenters. The van der Waals surface area contributed by atoms with Crippen molar-refractivity contribution in [2.24, 2.45) is 23.7 Å². The molecule has 5 bridgehead atoms. The standard InChI is InChI=1S/C41H52N2O13/c1-19-11-10-12-20(2)40(51)42-30-31(43-14-17-53-18-15-43)36(49)27-28(35(30)48)34(47)24(6)38-29(27)39(50)41(8,56-38)54-16-13-26(52-9)21(3)37(55-25(7)44)23(5)33(46)22(4)32(19)45/h10-13,16,19,21-23,26,32-33,37,45-47H,14-15,17-18H2,1-9H3,(H,42,51)/b11-10+,16-13+,20-12-/t19-,21+,22+,23-,26-,32-,33-,37+,41-/m0/s1. The summed E-state index contributed by atoms with van der Waals surface area (Å²) < 4.78 is 28.9. The summed E-state index contributed by atoms with van der Waals surface area (Å²) in [5.74, 6) is -9.09. The van der Waals surface area contributed by atoms with Crippen molar-refractivity contribution >= 4 is 29.2 Å². The van der Waals surface area contributed by atoms with Gasteiger partial charge < -0.3 is 49.2 Å². The Morgan fingerprint density at radius 3 is 2.21 bits per heavy atom. The Kier molecular flexibility index (Phi) is 12.6. The molecule has 5 aliphatic rings. The number of nitrogens with zero attached hydrogens (tertiary/aromatic N) is 1. The lowest BCUT2D eigenvalue weighted by atomic mass is 9.78. The molecule has 4 N–H and O–H groups in total. The van der Waals surface area contributed by atoms with E-state index in [0.29, 0.717) is 0 Å². The molecule has 1 aliphatic carbocycles. The number of phenols is 1. The lowest BCUT2D eigenvalue weighted by Gasteiger charge is -2.38. The third-order valence-electron chi connectivity index (χ3n) is 11.3. The second-order valence-corrected chi connectivity index (χ2v) is 15.1. The van der Waals surface area contributed by atoms with E-state index in [9.17, 15) is 39.3 Å². The third-order valence-corrected chi connectivity index (χ3v) is 11.3. The molecule has 15 nitrogen and oxygen atoms in total. The summed E-state index contributed by atoms with van der Waals surface area (Å²) in [6.07, 6.45) is 3.44. The van der Waals surface area contributed by atoms with Gasteiger partial charge in [-0.15, -0.1) is 0 Å². The molecule has 1 saturated heterocycles. The Morgan fingerprint density at radius 2 is 1.59 bits per heavy atom. The van der Waals surface area contributed by atoms with Gasteiger partial charge in [0.05, 0.1) is 54.5 Å². The fraction of sp³-hybridized carbons (Fsp3) is 0.537. The van der Waals surface area contributed by atoms with E-state index in [1.807, 2.05) is 0 Å². The zero-order valence-electron chi connectivity index (χ0n) is 33.2. The average molecular weight is 781 g/mol. The van der Waals surface area contributed by atoms with Crippen LogP contribution in [0.1, 0.15) is 85.1 Å². The van der Waals surface area contributed by atoms with Crippen LogP contribution in [0.25, 0.3) is 0 Å². The largest absolute Gasteiger partial charge is 0.507 e. The van der Waals surface area contributed by atoms with Gasteiger partial charge in [-0.1, -0.05) is 45.9 Å². The number of esters is 1. The van der Waals surface area contributed by atoms with Crippen LogP contribution < -0.4 is 10.1 Å². The fourth-order valence-corrected chi connectivity index (χ4v) is 7.76. The number of Topliss-reactive ketones (excluding diaryl/α,β-unsaturated/α-hetero) is 3. The SMILES string of the molecule is CO[C@H]1/C=C/O[C@@]2(C)Oc3c(C)c(O)c4c(c3C2=O)C(=O)C(N2CCOCC2)=C(NC(=O)/C(C)=C\C=C\[C@H](C)[C@H](O)[C@@H](C)[C@H](O)[C@H](C)[C@H](OC(C)=O)[C@@H]1C)C4=O. The Morgan fingerprint density at radius 1 is 0.929 bits per heavy atom. The maximum Gasteiger partial charge on any atom is 0.312 e. The molecule has 304 valence electrons. The highest BCUT2D eigenvalue weighted by molar-refractivity contribution is 6.32. The Hall–Kier alpha value is -4.83. The number of carbonyl (C=O) groups excluding carboxylic acids is 5. The number of allylic oxidation sites excluding steroid dienone is 4. The molecule has 0 radical (unpaired) electrons. The molecule has 1 aromatic rings. The van der Waals surface area contributed by atoms with E-state index in [0.717, 1.165) is 0 Å². The van der Waals surface area contributed by atoms with Crippen molar-refractivity contribution in [3.05, 3.63) is 69.8 Å². The number of rotatable bonds is 3. The minimum Gasteiger partial charge on any atom is -0.507 e. The maximum absolute atomic E-state index is 14.6. The van der Waals surface area contributed by atoms with Crippen molar-refractivity contribution in [1.82, 2.24) is 10.2 Å². The number of carbonyl (C=O) groups is 5. The van der Waals surface area contributed by atoms with Crippen LogP contribution in [-0.2, 0) is 28.5 Å². The van der Waals surface area contributed by atoms with Gasteiger partial charge in [0.25, 0.3) is 11.7 Å². The predicted octanol–water partition coefficient (Wildman–Crippen LogP) is 3.29. The first-order chi connectivity index (χ1) is 26.4. The molecule has 56 heavy (non-hydrogen) atoms. The molecule has 0 spiro atoms. The number of ether oxygens (including phenoxy) is 5. The lowest BCUT2D eigenvalue weighted by molar-refractivity contribution is -0.160. The van der Waals surface area contributed by atoms with Crippen LogP contribution in [0.5, 0.6) is 11.5 Å². The summed E-state index contributed by atoms with van der Waals surface area (Å²) in [7, 11) is 1.43. The van der Waals surface area contributed by atoms with Crippen LogP contribution in [0.3, 0.4) is 0 Å². The highest BCUT2D eigenvalue weighted by Crippen LogP contribution is 2.49. The van der Waals surface area contributed by atoms with Crippen molar-refractivity contribution < 1.29 is 63.0 Å². The van der Waals surface area contributed by atoms with E-state index < -0.39 is 94.4 Å². The van der Waals surface area contributed by atoms with Gasteiger partial charge in [0, 0.05) is 68.9 Å². The van der Waals surface area contributed by atoms with Gasteiger partial charge in [-0.25, -0.2) is 0 Å². The maximum atomic E-state index is 14.6. The molecule has 0 aromatic heterocycles. The number of methoxy groups -OCH3 is 1. The zero-order valence-corrected chi connectivity index (χ0v) is 33.2. The third kappa shape index (κ3) is 7.77. The number of ketones is 3. The van der Waals surface area contributed by atoms with Crippen molar-refractivity contribution in [2.45, 2.75) is 85.6 Å². The second kappa shape index (κ2) is 16.7. The predicted molar refractivity (Wildman–Crippen MR) is 201 cm³/mol. The first-order valence-electron chi connectivity index (χ1n) is 18.7. The van der Waals surface area contributed by atoms with Crippen molar-refractivity contribution in [2.75, 3.05) is 33.4 Å². The molecule has 1 fully saturated rings. The highest BCUT2D eigenvalue weighted by Gasteiger charge is 2.53. The molecular weight excluding hydrogens is 728 g/mol. The van der Waals surface area contributed by atoms with Crippen LogP contribution in [0.15, 0.2) is 47.5 Å². The van der Waals surface area contributed by atoms with E-state index in [-0.39, 0.29) is 65.7 Å². The van der Waals surface area contributed by atoms with Gasteiger partial charge in [-0.05, 0) is 19.9 Å². The van der Waals surface area contributed by atoms with Gasteiger partial charge in [-0.3, -0.25) is 24.0 Å². The van der Waals surface area contributed by atoms with Crippen LogP contribution in [0.4, 0.5) is 0 Å². The zero-order chi connectivity index (χ0) is 41.4. The monoisotopic (exact) mass is 780 g/mol. The van der Waals surface area contributed by atoms with Gasteiger partial charge in [0.2, 0.25) is 11.6 Å². The minimum absolute atomic E-state index is 0.00230. The number of amides is 1. The Balaban J connectivity index is 1.67. The number of morpholine rings is 1. The van der Waals surface area contributed by atoms with Crippen molar-refractivity contribution in [3.63, 3.8) is 0 Å². The number of hydrogen-bond acceptors (Lipinski definition) is 14. The van der Waals surface area contributed by atoms with Crippen molar-refractivity contribution in [3.8, 4) is 11.5 Å². The van der Waals surface area contributed by atoms with Crippen LogP contribution in [-0.4, -0.2) is 113 Å². The molecule has 1 amide bonds. The summed E-state index contributed by atoms with van der Waals surface area (Å²) >= 11 is 0. The summed E-state index contributed by atoms with van der Waals surface area (Å²) in [5, 5.41) is 36.9. The summed E-state index contributed by atoms with van der Waals surface area (Å²) in [6, 6.07) is 0. The first-order valence-corrected chi connectivity index (χ1v) is 18.7. The number of benzene rings is 1. The number of nitrogens with one attached hydrogen (secondary N) is 1. The van der Waals surface area contributed by atoms with Gasteiger partial charge in [-0.2, -0.15) is 0 Å². The molecule has 1 aromatic carbocycles. The number of fused-ring (bicyclic) bond motifs is 14. The Labute approximate surface area is 325 Å². The van der Waals surface area contributed by atoms with Crippen LogP contribution >= 0.6 is 0 Å². The van der Waals surface area contributed by atoms with E-state index >= 15 is 0 Å². The van der Waals surface area contributed by atoms with Crippen molar-refractivity contribution in [1.29, 1.82) is 0 Å². The molecule has 0 saturated carbocycles. The normalized spacial score (nSPS) is 33.9. The second-order valence-electron chi connectivity index (χ2n) is 15.1. The van der Waals surface area contributed by atoms with Gasteiger partial charge >= 0.3 is 11.8 Å². The van der Waals surface area contributed by atoms with Crippen LogP contribution in [0.2, 0.25) is 0 Å². The lowest BCUT2D eigenvalue weighted by Crippen LogP contribution is -2.46. The van der Waals surface area contributed by atoms with E-state index in [1.165, 1.54) is 53.2 Å². The minimum atomic E-state index is -2.07. The molecule has 9 atom stereocenters. The van der Waals surface area contributed by atoms with Gasteiger partial charge in [0.1, 0.15) is 29.0 Å². The molecule has 4 heterocycles. The number of aromatic hydroxyl groups is 1. The fourth-order valence-electron chi connectivity index (χ4n) is 7.76. The number of phenolic OH excluding ortho intramolecular Hbond substituents is 1.